The third-order valence-electron chi connectivity index (χ3n) is 3.21. The standard InChI is InChI=1S/C11H21N3/c1-10-5-4-8-14(11(10)9-13)7-3-2-6-12/h10-11H,2-5,7-9,13H2,1H3. The Balaban J connectivity index is 2.36. The molecular weight excluding hydrogens is 174 g/mol. The number of unbranched alkanes of at least 4 members (excludes halogenated alkanes) is 1. The average molecular weight is 195 g/mol. The Hall–Kier alpha value is -0.590. The van der Waals surface area contributed by atoms with E-state index in [1.165, 1.54) is 12.8 Å². The molecule has 14 heavy (non-hydrogen) atoms. The van der Waals surface area contributed by atoms with Crippen molar-refractivity contribution in [2.75, 3.05) is 19.6 Å². The summed E-state index contributed by atoms with van der Waals surface area (Å²) in [5.41, 5.74) is 5.78. The second-order valence-electron chi connectivity index (χ2n) is 4.22. The Morgan fingerprint density at radius 3 is 3.00 bits per heavy atom. The van der Waals surface area contributed by atoms with Crippen LogP contribution in [0.1, 0.15) is 32.6 Å². The van der Waals surface area contributed by atoms with Crippen LogP contribution >= 0.6 is 0 Å². The van der Waals surface area contributed by atoms with Crippen molar-refractivity contribution >= 4 is 0 Å². The Morgan fingerprint density at radius 1 is 1.57 bits per heavy atom. The molecule has 0 bridgehead atoms. The lowest BCUT2D eigenvalue weighted by atomic mass is 9.90. The van der Waals surface area contributed by atoms with E-state index in [4.69, 9.17) is 11.0 Å². The first-order valence-corrected chi connectivity index (χ1v) is 5.60. The van der Waals surface area contributed by atoms with E-state index in [1.807, 2.05) is 0 Å². The summed E-state index contributed by atoms with van der Waals surface area (Å²) in [5.74, 6) is 0.718. The normalized spacial score (nSPS) is 28.6. The van der Waals surface area contributed by atoms with Gasteiger partial charge < -0.3 is 5.73 Å². The molecule has 0 aliphatic carbocycles. The Morgan fingerprint density at radius 2 is 2.36 bits per heavy atom. The molecule has 1 aliphatic heterocycles. The molecule has 1 heterocycles. The molecule has 0 saturated carbocycles. The largest absolute Gasteiger partial charge is 0.329 e. The van der Waals surface area contributed by atoms with Crippen LogP contribution in [-0.2, 0) is 0 Å². The molecule has 2 unspecified atom stereocenters. The van der Waals surface area contributed by atoms with Gasteiger partial charge in [-0.3, -0.25) is 4.90 Å². The van der Waals surface area contributed by atoms with Crippen LogP contribution in [0.5, 0.6) is 0 Å². The lowest BCUT2D eigenvalue weighted by molar-refractivity contribution is 0.106. The summed E-state index contributed by atoms with van der Waals surface area (Å²) in [4.78, 5) is 2.46. The maximum Gasteiger partial charge on any atom is 0.0622 e. The third kappa shape index (κ3) is 2.97. The molecule has 80 valence electrons. The molecule has 0 spiro atoms. The van der Waals surface area contributed by atoms with E-state index in [9.17, 15) is 0 Å². The zero-order valence-corrected chi connectivity index (χ0v) is 9.08. The fourth-order valence-corrected chi connectivity index (χ4v) is 2.35. The molecule has 2 atom stereocenters. The van der Waals surface area contributed by atoms with Gasteiger partial charge in [-0.2, -0.15) is 5.26 Å². The second-order valence-corrected chi connectivity index (χ2v) is 4.22. The summed E-state index contributed by atoms with van der Waals surface area (Å²) in [7, 11) is 0. The minimum Gasteiger partial charge on any atom is -0.329 e. The minimum absolute atomic E-state index is 0.544. The zero-order valence-electron chi connectivity index (χ0n) is 9.08. The number of nitrogens with zero attached hydrogens (tertiary/aromatic N) is 2. The van der Waals surface area contributed by atoms with Gasteiger partial charge in [0.15, 0.2) is 0 Å². The van der Waals surface area contributed by atoms with E-state index >= 15 is 0 Å². The quantitative estimate of drug-likeness (QED) is 0.689. The molecule has 0 amide bonds. The van der Waals surface area contributed by atoms with Gasteiger partial charge in [-0.15, -0.1) is 0 Å². The van der Waals surface area contributed by atoms with Crippen molar-refractivity contribution < 1.29 is 0 Å². The lowest BCUT2D eigenvalue weighted by Crippen LogP contribution is -2.48. The summed E-state index contributed by atoms with van der Waals surface area (Å²) < 4.78 is 0. The maximum atomic E-state index is 8.48. The molecule has 0 radical (unpaired) electrons. The zero-order chi connectivity index (χ0) is 10.4. The highest BCUT2D eigenvalue weighted by molar-refractivity contribution is 4.83. The van der Waals surface area contributed by atoms with Gasteiger partial charge in [-0.05, 0) is 38.3 Å². The smallest absolute Gasteiger partial charge is 0.0622 e. The molecule has 1 fully saturated rings. The van der Waals surface area contributed by atoms with E-state index in [2.05, 4.69) is 17.9 Å². The van der Waals surface area contributed by atoms with Crippen molar-refractivity contribution in [1.82, 2.24) is 4.90 Å². The van der Waals surface area contributed by atoms with Crippen LogP contribution < -0.4 is 5.73 Å². The van der Waals surface area contributed by atoms with Gasteiger partial charge in [0.25, 0.3) is 0 Å². The Labute approximate surface area is 86.9 Å². The predicted molar refractivity (Wildman–Crippen MR) is 57.7 cm³/mol. The van der Waals surface area contributed by atoms with Gasteiger partial charge >= 0.3 is 0 Å². The van der Waals surface area contributed by atoms with E-state index in [1.54, 1.807) is 0 Å². The van der Waals surface area contributed by atoms with Crippen LogP contribution in [0.15, 0.2) is 0 Å². The van der Waals surface area contributed by atoms with Gasteiger partial charge in [0.2, 0.25) is 0 Å². The highest BCUT2D eigenvalue weighted by Crippen LogP contribution is 2.22. The Bertz CT molecular complexity index is 197. The first-order valence-electron chi connectivity index (χ1n) is 5.60. The van der Waals surface area contributed by atoms with E-state index in [0.29, 0.717) is 12.5 Å². The van der Waals surface area contributed by atoms with Crippen LogP contribution in [0.4, 0.5) is 0 Å². The third-order valence-corrected chi connectivity index (χ3v) is 3.21. The molecule has 0 aromatic rings. The first-order chi connectivity index (χ1) is 6.79. The Kier molecular flexibility index (Phi) is 4.92. The van der Waals surface area contributed by atoms with Gasteiger partial charge in [-0.25, -0.2) is 0 Å². The summed E-state index contributed by atoms with van der Waals surface area (Å²) in [5, 5.41) is 8.48. The van der Waals surface area contributed by atoms with Crippen LogP contribution in [-0.4, -0.2) is 30.6 Å². The summed E-state index contributed by atoms with van der Waals surface area (Å²) in [6.07, 6.45) is 4.24. The summed E-state index contributed by atoms with van der Waals surface area (Å²) >= 11 is 0. The second kappa shape index (κ2) is 6.00. The van der Waals surface area contributed by atoms with Gasteiger partial charge in [0, 0.05) is 19.0 Å². The summed E-state index contributed by atoms with van der Waals surface area (Å²) in [6, 6.07) is 2.74. The average Bonchev–Trinajstić information content (AvgIpc) is 2.18. The number of nitrogens with two attached hydrogens (primary N) is 1. The molecule has 3 nitrogen and oxygen atoms in total. The van der Waals surface area contributed by atoms with Crippen molar-refractivity contribution in [2.45, 2.75) is 38.6 Å². The molecule has 3 heteroatoms. The van der Waals surface area contributed by atoms with E-state index in [-0.39, 0.29) is 0 Å². The van der Waals surface area contributed by atoms with Crippen LogP contribution in [0.25, 0.3) is 0 Å². The van der Waals surface area contributed by atoms with Crippen LogP contribution in [0, 0.1) is 17.2 Å². The van der Waals surface area contributed by atoms with Crippen molar-refractivity contribution in [1.29, 1.82) is 5.26 Å². The van der Waals surface area contributed by atoms with E-state index in [0.717, 1.165) is 32.0 Å². The van der Waals surface area contributed by atoms with Crippen molar-refractivity contribution in [3.05, 3.63) is 0 Å². The number of rotatable bonds is 4. The number of hydrogen-bond donors (Lipinski definition) is 1. The maximum absolute atomic E-state index is 8.48. The summed E-state index contributed by atoms with van der Waals surface area (Å²) in [6.45, 7) is 5.25. The van der Waals surface area contributed by atoms with Crippen LogP contribution in [0.2, 0.25) is 0 Å². The lowest BCUT2D eigenvalue weighted by Gasteiger charge is -2.39. The van der Waals surface area contributed by atoms with Gasteiger partial charge in [-0.1, -0.05) is 6.92 Å². The predicted octanol–water partition coefficient (Wildman–Crippen LogP) is 1.35. The number of hydrogen-bond acceptors (Lipinski definition) is 3. The van der Waals surface area contributed by atoms with Crippen LogP contribution in [0.3, 0.4) is 0 Å². The first kappa shape index (κ1) is 11.5. The van der Waals surface area contributed by atoms with Gasteiger partial charge in [0.1, 0.15) is 0 Å². The van der Waals surface area contributed by atoms with Gasteiger partial charge in [0.05, 0.1) is 6.07 Å². The fraction of sp³-hybridized carbons (Fsp3) is 0.909. The SMILES string of the molecule is CC1CCCN(CCCC#N)C1CN. The highest BCUT2D eigenvalue weighted by atomic mass is 15.2. The molecule has 2 N–H and O–H groups in total. The number of piperidine rings is 1. The minimum atomic E-state index is 0.544. The number of likely N-dealkylation sites (tertiary alicyclic amines) is 1. The monoisotopic (exact) mass is 195 g/mol. The fourth-order valence-electron chi connectivity index (χ4n) is 2.35. The van der Waals surface area contributed by atoms with Crippen molar-refractivity contribution in [3.63, 3.8) is 0 Å². The molecule has 0 aromatic heterocycles. The highest BCUT2D eigenvalue weighted by Gasteiger charge is 2.26. The molecule has 1 saturated heterocycles. The topological polar surface area (TPSA) is 53.0 Å². The van der Waals surface area contributed by atoms with E-state index < -0.39 is 0 Å². The molecule has 1 aliphatic rings. The molecule has 0 aromatic carbocycles. The number of nitriles is 1. The van der Waals surface area contributed by atoms with Crippen molar-refractivity contribution in [2.24, 2.45) is 11.7 Å². The van der Waals surface area contributed by atoms with Crippen molar-refractivity contribution in [3.8, 4) is 6.07 Å². The molecular formula is C11H21N3. The molecule has 1 rings (SSSR count).